The molecular weight excluding hydrogens is 214 g/mol. The minimum atomic E-state index is 0.294. The normalized spacial score (nSPS) is 26.8. The first-order valence-electron chi connectivity index (χ1n) is 6.96. The Morgan fingerprint density at radius 2 is 2.00 bits per heavy atom. The smallest absolute Gasteiger partial charge is 0.0655 e. The predicted molar refractivity (Wildman–Crippen MR) is 71.3 cm³/mol. The topological polar surface area (TPSA) is 30.5 Å². The molecule has 0 aromatic rings. The summed E-state index contributed by atoms with van der Waals surface area (Å²) in [6.07, 6.45) is 5.28. The summed E-state index contributed by atoms with van der Waals surface area (Å²) < 4.78 is 10.8. The van der Waals surface area contributed by atoms with Gasteiger partial charge < -0.3 is 14.8 Å². The van der Waals surface area contributed by atoms with Crippen LogP contribution in [-0.4, -0.2) is 39.0 Å². The van der Waals surface area contributed by atoms with Gasteiger partial charge in [-0.3, -0.25) is 0 Å². The van der Waals surface area contributed by atoms with E-state index in [-0.39, 0.29) is 0 Å². The molecule has 2 atom stereocenters. The van der Waals surface area contributed by atoms with Gasteiger partial charge in [0.2, 0.25) is 0 Å². The summed E-state index contributed by atoms with van der Waals surface area (Å²) in [6, 6.07) is 0.626. The number of ether oxygens (including phenoxy) is 2. The van der Waals surface area contributed by atoms with Gasteiger partial charge in [-0.2, -0.15) is 0 Å². The van der Waals surface area contributed by atoms with Crippen molar-refractivity contribution >= 4 is 0 Å². The monoisotopic (exact) mass is 243 g/mol. The highest BCUT2D eigenvalue weighted by atomic mass is 16.5. The van der Waals surface area contributed by atoms with Crippen molar-refractivity contribution in [3.8, 4) is 0 Å². The van der Waals surface area contributed by atoms with Crippen molar-refractivity contribution < 1.29 is 9.47 Å². The van der Waals surface area contributed by atoms with Crippen LogP contribution < -0.4 is 5.32 Å². The Morgan fingerprint density at radius 3 is 2.59 bits per heavy atom. The van der Waals surface area contributed by atoms with Crippen LogP contribution in [0.3, 0.4) is 0 Å². The van der Waals surface area contributed by atoms with Crippen LogP contribution in [0.1, 0.15) is 46.5 Å². The summed E-state index contributed by atoms with van der Waals surface area (Å²) in [5.41, 5.74) is 0.294. The van der Waals surface area contributed by atoms with E-state index in [1.165, 1.54) is 25.7 Å². The average molecular weight is 243 g/mol. The van der Waals surface area contributed by atoms with Crippen LogP contribution in [0.2, 0.25) is 0 Å². The predicted octanol–water partition coefficient (Wildman–Crippen LogP) is 2.60. The molecule has 0 bridgehead atoms. The van der Waals surface area contributed by atoms with E-state index in [4.69, 9.17) is 9.47 Å². The second-order valence-electron chi connectivity index (χ2n) is 5.56. The van der Waals surface area contributed by atoms with Gasteiger partial charge in [0.15, 0.2) is 0 Å². The zero-order chi connectivity index (χ0) is 12.7. The van der Waals surface area contributed by atoms with E-state index in [1.807, 2.05) is 0 Å². The minimum absolute atomic E-state index is 0.294. The third-order valence-electron chi connectivity index (χ3n) is 3.96. The summed E-state index contributed by atoms with van der Waals surface area (Å²) in [4.78, 5) is 0. The van der Waals surface area contributed by atoms with Crippen molar-refractivity contribution in [3.05, 3.63) is 0 Å². The molecule has 1 aliphatic rings. The number of unbranched alkanes of at least 4 members (excludes halogenated alkanes) is 2. The standard InChI is InChI=1S/C14H29NO2/c1-5-17-13-11-12(14(13,2)3)15-9-7-6-8-10-16-4/h12-13,15H,5-11H2,1-4H3. The highest BCUT2D eigenvalue weighted by molar-refractivity contribution is 5.02. The van der Waals surface area contributed by atoms with Crippen molar-refractivity contribution in [1.82, 2.24) is 5.32 Å². The molecule has 102 valence electrons. The number of methoxy groups -OCH3 is 1. The molecule has 0 aromatic carbocycles. The molecule has 0 spiro atoms. The van der Waals surface area contributed by atoms with Crippen molar-refractivity contribution in [2.45, 2.75) is 58.6 Å². The van der Waals surface area contributed by atoms with Crippen molar-refractivity contribution in [2.75, 3.05) is 26.9 Å². The lowest BCUT2D eigenvalue weighted by Crippen LogP contribution is -2.61. The molecule has 1 fully saturated rings. The van der Waals surface area contributed by atoms with Gasteiger partial charge >= 0.3 is 0 Å². The lowest BCUT2D eigenvalue weighted by molar-refractivity contribution is -0.113. The first-order valence-corrected chi connectivity index (χ1v) is 6.96. The summed E-state index contributed by atoms with van der Waals surface area (Å²) in [5.74, 6) is 0. The van der Waals surface area contributed by atoms with Gasteiger partial charge in [-0.1, -0.05) is 13.8 Å². The van der Waals surface area contributed by atoms with Gasteiger partial charge in [0.1, 0.15) is 0 Å². The second kappa shape index (κ2) is 7.34. The van der Waals surface area contributed by atoms with E-state index in [1.54, 1.807) is 7.11 Å². The Balaban J connectivity index is 2.05. The van der Waals surface area contributed by atoms with E-state index in [0.29, 0.717) is 17.6 Å². The first kappa shape index (κ1) is 14.9. The maximum absolute atomic E-state index is 5.73. The third-order valence-corrected chi connectivity index (χ3v) is 3.96. The maximum Gasteiger partial charge on any atom is 0.0655 e. The van der Waals surface area contributed by atoms with Gasteiger partial charge in [0.25, 0.3) is 0 Å². The second-order valence-corrected chi connectivity index (χ2v) is 5.56. The molecule has 0 heterocycles. The number of nitrogens with one attached hydrogen (secondary N) is 1. The van der Waals surface area contributed by atoms with Crippen LogP contribution >= 0.6 is 0 Å². The molecule has 3 heteroatoms. The number of rotatable bonds is 9. The first-order chi connectivity index (χ1) is 8.12. The van der Waals surface area contributed by atoms with E-state index in [2.05, 4.69) is 26.1 Å². The lowest BCUT2D eigenvalue weighted by Gasteiger charge is -2.52. The van der Waals surface area contributed by atoms with Gasteiger partial charge in [0, 0.05) is 31.8 Å². The molecule has 3 nitrogen and oxygen atoms in total. The molecular formula is C14H29NO2. The fourth-order valence-corrected chi connectivity index (χ4v) is 2.54. The van der Waals surface area contributed by atoms with Crippen LogP contribution in [-0.2, 0) is 9.47 Å². The molecule has 1 aliphatic carbocycles. The quantitative estimate of drug-likeness (QED) is 0.631. The molecule has 0 amide bonds. The molecule has 17 heavy (non-hydrogen) atoms. The van der Waals surface area contributed by atoms with Crippen LogP contribution in [0.15, 0.2) is 0 Å². The fraction of sp³-hybridized carbons (Fsp3) is 1.00. The van der Waals surface area contributed by atoms with E-state index >= 15 is 0 Å². The minimum Gasteiger partial charge on any atom is -0.385 e. The average Bonchev–Trinajstić information content (AvgIpc) is 2.31. The Labute approximate surface area is 106 Å². The summed E-state index contributed by atoms with van der Waals surface area (Å²) >= 11 is 0. The number of hydrogen-bond donors (Lipinski definition) is 1. The SMILES string of the molecule is CCOC1CC(NCCCCCOC)C1(C)C. The zero-order valence-electron chi connectivity index (χ0n) is 11.9. The van der Waals surface area contributed by atoms with Crippen LogP contribution in [0.25, 0.3) is 0 Å². The Bertz CT molecular complexity index is 206. The van der Waals surface area contributed by atoms with Crippen molar-refractivity contribution in [1.29, 1.82) is 0 Å². The maximum atomic E-state index is 5.73. The summed E-state index contributed by atoms with van der Waals surface area (Å²) in [5, 5.41) is 3.65. The lowest BCUT2D eigenvalue weighted by atomic mass is 9.64. The Kier molecular flexibility index (Phi) is 6.45. The molecule has 1 N–H and O–H groups in total. The highest BCUT2D eigenvalue weighted by Gasteiger charge is 2.48. The van der Waals surface area contributed by atoms with E-state index in [0.717, 1.165) is 19.8 Å². The Hall–Kier alpha value is -0.120. The summed E-state index contributed by atoms with van der Waals surface area (Å²) in [6.45, 7) is 9.53. The van der Waals surface area contributed by atoms with Crippen molar-refractivity contribution in [2.24, 2.45) is 5.41 Å². The zero-order valence-corrected chi connectivity index (χ0v) is 11.9. The van der Waals surface area contributed by atoms with Crippen LogP contribution in [0.5, 0.6) is 0 Å². The van der Waals surface area contributed by atoms with Crippen molar-refractivity contribution in [3.63, 3.8) is 0 Å². The molecule has 0 aliphatic heterocycles. The van der Waals surface area contributed by atoms with Gasteiger partial charge in [-0.05, 0) is 39.2 Å². The van der Waals surface area contributed by atoms with Crippen LogP contribution in [0, 0.1) is 5.41 Å². The molecule has 0 radical (unpaired) electrons. The molecule has 1 rings (SSSR count). The third kappa shape index (κ3) is 4.23. The highest BCUT2D eigenvalue weighted by Crippen LogP contribution is 2.42. The molecule has 1 saturated carbocycles. The largest absolute Gasteiger partial charge is 0.385 e. The molecule has 0 saturated heterocycles. The fourth-order valence-electron chi connectivity index (χ4n) is 2.54. The van der Waals surface area contributed by atoms with E-state index in [9.17, 15) is 0 Å². The molecule has 0 aromatic heterocycles. The Morgan fingerprint density at radius 1 is 1.24 bits per heavy atom. The van der Waals surface area contributed by atoms with Gasteiger partial charge in [0.05, 0.1) is 6.10 Å². The number of hydrogen-bond acceptors (Lipinski definition) is 3. The van der Waals surface area contributed by atoms with Gasteiger partial charge in [-0.15, -0.1) is 0 Å². The van der Waals surface area contributed by atoms with Gasteiger partial charge in [-0.25, -0.2) is 0 Å². The summed E-state index contributed by atoms with van der Waals surface area (Å²) in [7, 11) is 1.77. The van der Waals surface area contributed by atoms with Crippen LogP contribution in [0.4, 0.5) is 0 Å². The van der Waals surface area contributed by atoms with E-state index < -0.39 is 0 Å². The molecule has 2 unspecified atom stereocenters.